The van der Waals surface area contributed by atoms with Crippen LogP contribution in [0.5, 0.6) is 0 Å². The Morgan fingerprint density at radius 1 is 1.11 bits per heavy atom. The van der Waals surface area contributed by atoms with Crippen LogP contribution in [-0.2, 0) is 26.7 Å². The smallest absolute Gasteiger partial charge is 0.245 e. The molecule has 0 N–H and O–H groups in total. The van der Waals surface area contributed by atoms with Crippen molar-refractivity contribution in [2.45, 2.75) is 63.4 Å². The van der Waals surface area contributed by atoms with Gasteiger partial charge >= 0.3 is 0 Å². The number of sulfonamides is 1. The zero-order valence-corrected chi connectivity index (χ0v) is 24.8. The van der Waals surface area contributed by atoms with Gasteiger partial charge in [-0.3, -0.25) is 4.79 Å². The molecule has 198 valence electrons. The molecule has 1 atom stereocenters. The van der Waals surface area contributed by atoms with E-state index in [4.69, 9.17) is 23.2 Å². The lowest BCUT2D eigenvalue weighted by Gasteiger charge is -2.38. The van der Waals surface area contributed by atoms with Crippen LogP contribution in [-0.4, -0.2) is 42.7 Å². The lowest BCUT2D eigenvalue weighted by Crippen LogP contribution is -2.48. The average molecular weight is 580 g/mol. The fourth-order valence-corrected chi connectivity index (χ4v) is 7.91. The number of hydrogen-bond acceptors (Lipinski definition) is 4. The van der Waals surface area contributed by atoms with Crippen molar-refractivity contribution >= 4 is 50.5 Å². The summed E-state index contributed by atoms with van der Waals surface area (Å²) in [5.74, 6) is -0.253. The van der Waals surface area contributed by atoms with Gasteiger partial charge in [-0.15, -0.1) is 11.3 Å². The molecule has 1 aromatic heterocycles. The number of nitrogens with zero attached hydrogens (tertiary/aromatic N) is 2. The molecule has 0 saturated heterocycles. The normalized spacial score (nSPS) is 16.4. The van der Waals surface area contributed by atoms with Gasteiger partial charge in [0.2, 0.25) is 15.9 Å². The van der Waals surface area contributed by atoms with Crippen molar-refractivity contribution < 1.29 is 13.2 Å². The summed E-state index contributed by atoms with van der Waals surface area (Å²) < 4.78 is 28.4. The van der Waals surface area contributed by atoms with Crippen LogP contribution in [0.3, 0.4) is 0 Å². The molecule has 4 rings (SSSR count). The molecule has 3 aromatic rings. The van der Waals surface area contributed by atoms with Crippen LogP contribution >= 0.6 is 34.5 Å². The summed E-state index contributed by atoms with van der Waals surface area (Å²) in [6, 6.07) is 14.1. The summed E-state index contributed by atoms with van der Waals surface area (Å²) >= 11 is 14.0. The predicted octanol–water partition coefficient (Wildman–Crippen LogP) is 6.93. The standard InChI is InChI=1S/C28H32Cl2N2O3S2/c1-18(2)32(37(34,35)25-16-21(29)10-11-23(25)30)17-26(33)31-14-12-24-22(13-15-36-24)27(31)19-6-8-20(9-7-19)28(3,4)5/h6-11,13,15-16,18,27H,12,14,17H2,1-5H3/t27-/m0/s1. The highest BCUT2D eigenvalue weighted by atomic mass is 35.5. The minimum absolute atomic E-state index is 0.0158. The van der Waals surface area contributed by atoms with E-state index in [9.17, 15) is 13.2 Å². The van der Waals surface area contributed by atoms with Gasteiger partial charge in [0.1, 0.15) is 4.90 Å². The second-order valence-corrected chi connectivity index (χ2v) is 14.3. The van der Waals surface area contributed by atoms with Gasteiger partial charge in [0.15, 0.2) is 0 Å². The highest BCUT2D eigenvalue weighted by molar-refractivity contribution is 7.89. The van der Waals surface area contributed by atoms with Crippen molar-refractivity contribution in [3.63, 3.8) is 0 Å². The molecule has 0 bridgehead atoms. The third-order valence-corrected chi connectivity index (χ3v) is 10.5. The van der Waals surface area contributed by atoms with Gasteiger partial charge in [-0.05, 0) is 72.0 Å². The van der Waals surface area contributed by atoms with E-state index >= 15 is 0 Å². The van der Waals surface area contributed by atoms with Gasteiger partial charge in [0.05, 0.1) is 17.6 Å². The zero-order valence-electron chi connectivity index (χ0n) is 21.7. The topological polar surface area (TPSA) is 57.7 Å². The fraction of sp³-hybridized carbons (Fsp3) is 0.393. The second-order valence-electron chi connectivity index (χ2n) is 10.6. The lowest BCUT2D eigenvalue weighted by atomic mass is 9.85. The van der Waals surface area contributed by atoms with Crippen LogP contribution in [0.25, 0.3) is 0 Å². The first kappa shape index (κ1) is 28.1. The summed E-state index contributed by atoms with van der Waals surface area (Å²) in [5, 5.41) is 2.39. The lowest BCUT2D eigenvalue weighted by molar-refractivity contribution is -0.133. The minimum Gasteiger partial charge on any atom is -0.330 e. The molecule has 0 unspecified atom stereocenters. The van der Waals surface area contributed by atoms with Crippen LogP contribution < -0.4 is 0 Å². The van der Waals surface area contributed by atoms with Gasteiger partial charge < -0.3 is 4.90 Å². The zero-order chi connectivity index (χ0) is 27.1. The Labute approximate surface area is 234 Å². The van der Waals surface area contributed by atoms with Crippen molar-refractivity contribution in [3.8, 4) is 0 Å². The van der Waals surface area contributed by atoms with Gasteiger partial charge in [-0.1, -0.05) is 68.2 Å². The molecule has 1 amide bonds. The molecule has 5 nitrogen and oxygen atoms in total. The summed E-state index contributed by atoms with van der Waals surface area (Å²) in [4.78, 5) is 16.8. The van der Waals surface area contributed by atoms with E-state index in [0.717, 1.165) is 17.5 Å². The summed E-state index contributed by atoms with van der Waals surface area (Å²) in [6.07, 6.45) is 0.740. The summed E-state index contributed by atoms with van der Waals surface area (Å²) in [6.45, 7) is 10.2. The van der Waals surface area contributed by atoms with Crippen LogP contribution in [0.1, 0.15) is 62.2 Å². The number of rotatable bonds is 6. The van der Waals surface area contributed by atoms with Crippen LogP contribution in [0, 0.1) is 0 Å². The van der Waals surface area contributed by atoms with Gasteiger partial charge in [-0.25, -0.2) is 8.42 Å². The quantitative estimate of drug-likeness (QED) is 0.318. The molecule has 9 heteroatoms. The van der Waals surface area contributed by atoms with E-state index in [1.165, 1.54) is 32.9 Å². The minimum atomic E-state index is -4.07. The Bertz CT molecular complexity index is 1390. The Morgan fingerprint density at radius 3 is 2.41 bits per heavy atom. The second kappa shape index (κ2) is 10.7. The maximum absolute atomic E-state index is 13.8. The molecule has 0 fully saturated rings. The first-order chi connectivity index (χ1) is 17.3. The Balaban J connectivity index is 1.69. The number of benzene rings is 2. The third kappa shape index (κ3) is 5.76. The third-order valence-electron chi connectivity index (χ3n) is 6.73. The van der Waals surface area contributed by atoms with E-state index in [2.05, 4.69) is 56.5 Å². The van der Waals surface area contributed by atoms with Crippen LogP contribution in [0.4, 0.5) is 0 Å². The first-order valence-corrected chi connectivity index (χ1v) is 15.3. The Morgan fingerprint density at radius 2 is 1.78 bits per heavy atom. The SMILES string of the molecule is CC(C)N(CC(=O)N1CCc2sccc2[C@@H]1c1ccc(C(C)(C)C)cc1)S(=O)(=O)c1cc(Cl)ccc1Cl. The number of amides is 1. The molecule has 37 heavy (non-hydrogen) atoms. The van der Waals surface area contributed by atoms with E-state index in [-0.39, 0.29) is 38.8 Å². The molecule has 0 aliphatic carbocycles. The Hall–Kier alpha value is -1.90. The number of fused-ring (bicyclic) bond motifs is 1. The maximum Gasteiger partial charge on any atom is 0.245 e. The number of carbonyl (C=O) groups excluding carboxylic acids is 1. The van der Waals surface area contributed by atoms with Gasteiger partial charge in [0.25, 0.3) is 0 Å². The van der Waals surface area contributed by atoms with Crippen molar-refractivity contribution in [2.75, 3.05) is 13.1 Å². The highest BCUT2D eigenvalue weighted by Crippen LogP contribution is 2.39. The van der Waals surface area contributed by atoms with Gasteiger partial charge in [-0.2, -0.15) is 4.31 Å². The summed E-state index contributed by atoms with van der Waals surface area (Å²) in [7, 11) is -4.07. The van der Waals surface area contributed by atoms with Crippen molar-refractivity contribution in [1.82, 2.24) is 9.21 Å². The average Bonchev–Trinajstić information content (AvgIpc) is 3.31. The monoisotopic (exact) mass is 578 g/mol. The van der Waals surface area contributed by atoms with E-state index in [1.54, 1.807) is 25.2 Å². The largest absolute Gasteiger partial charge is 0.330 e. The molecule has 0 spiro atoms. The molecular formula is C28H32Cl2N2O3S2. The maximum atomic E-state index is 13.8. The molecule has 2 aromatic carbocycles. The first-order valence-electron chi connectivity index (χ1n) is 12.2. The van der Waals surface area contributed by atoms with Crippen molar-refractivity contribution in [2.24, 2.45) is 0 Å². The molecule has 1 aliphatic rings. The van der Waals surface area contributed by atoms with Crippen LogP contribution in [0.2, 0.25) is 10.0 Å². The number of thiophene rings is 1. The highest BCUT2D eigenvalue weighted by Gasteiger charge is 2.37. The van der Waals surface area contributed by atoms with Crippen molar-refractivity contribution in [1.29, 1.82) is 0 Å². The number of hydrogen-bond donors (Lipinski definition) is 0. The number of halogens is 2. The van der Waals surface area contributed by atoms with E-state index in [0.29, 0.717) is 6.54 Å². The fourth-order valence-electron chi connectivity index (χ4n) is 4.68. The molecule has 0 radical (unpaired) electrons. The summed E-state index contributed by atoms with van der Waals surface area (Å²) in [5.41, 5.74) is 3.34. The van der Waals surface area contributed by atoms with E-state index < -0.39 is 16.1 Å². The molecule has 0 saturated carbocycles. The molecule has 2 heterocycles. The van der Waals surface area contributed by atoms with Crippen molar-refractivity contribution in [3.05, 3.63) is 85.5 Å². The molecule has 1 aliphatic heterocycles. The van der Waals surface area contributed by atoms with Crippen LogP contribution in [0.15, 0.2) is 58.8 Å². The molecular weight excluding hydrogens is 547 g/mol. The predicted molar refractivity (Wildman–Crippen MR) is 152 cm³/mol. The number of carbonyl (C=O) groups is 1. The van der Waals surface area contributed by atoms with Gasteiger partial charge in [0, 0.05) is 22.5 Å². The Kier molecular flexibility index (Phi) is 8.13. The van der Waals surface area contributed by atoms with E-state index in [1.807, 2.05) is 4.90 Å².